The molecule has 0 amide bonds. The SMILES string of the molecule is CCC1CCCC1NCC1=CCCOC1. The second-order valence-corrected chi connectivity index (χ2v) is 4.79. The van der Waals surface area contributed by atoms with Crippen molar-refractivity contribution >= 4 is 0 Å². The highest BCUT2D eigenvalue weighted by molar-refractivity contribution is 5.07. The zero-order chi connectivity index (χ0) is 10.5. The summed E-state index contributed by atoms with van der Waals surface area (Å²) >= 11 is 0. The topological polar surface area (TPSA) is 21.3 Å². The zero-order valence-electron chi connectivity index (χ0n) is 9.80. The summed E-state index contributed by atoms with van der Waals surface area (Å²) in [6.07, 6.45) is 8.96. The Balaban J connectivity index is 1.74. The molecule has 1 fully saturated rings. The summed E-state index contributed by atoms with van der Waals surface area (Å²) in [5.41, 5.74) is 1.45. The van der Waals surface area contributed by atoms with Crippen molar-refractivity contribution in [1.82, 2.24) is 5.32 Å². The third-order valence-electron chi connectivity index (χ3n) is 3.76. The summed E-state index contributed by atoms with van der Waals surface area (Å²) in [7, 11) is 0. The van der Waals surface area contributed by atoms with Gasteiger partial charge < -0.3 is 10.1 Å². The number of hydrogen-bond acceptors (Lipinski definition) is 2. The van der Waals surface area contributed by atoms with Crippen LogP contribution in [0.3, 0.4) is 0 Å². The van der Waals surface area contributed by atoms with E-state index in [1.54, 1.807) is 0 Å². The Morgan fingerprint density at radius 1 is 1.47 bits per heavy atom. The largest absolute Gasteiger partial charge is 0.377 e. The molecule has 2 heteroatoms. The molecular weight excluding hydrogens is 186 g/mol. The van der Waals surface area contributed by atoms with Gasteiger partial charge >= 0.3 is 0 Å². The molecular formula is C13H23NO. The van der Waals surface area contributed by atoms with Crippen LogP contribution in [0.1, 0.15) is 39.0 Å². The van der Waals surface area contributed by atoms with Gasteiger partial charge in [-0.3, -0.25) is 0 Å². The van der Waals surface area contributed by atoms with Gasteiger partial charge in [0.25, 0.3) is 0 Å². The van der Waals surface area contributed by atoms with Crippen LogP contribution in [0.2, 0.25) is 0 Å². The van der Waals surface area contributed by atoms with Crippen molar-refractivity contribution in [3.8, 4) is 0 Å². The molecule has 2 rings (SSSR count). The van der Waals surface area contributed by atoms with Crippen molar-refractivity contribution in [3.05, 3.63) is 11.6 Å². The lowest BCUT2D eigenvalue weighted by Crippen LogP contribution is -2.34. The molecule has 1 aliphatic carbocycles. The summed E-state index contributed by atoms with van der Waals surface area (Å²) in [5.74, 6) is 0.912. The molecule has 0 aromatic carbocycles. The van der Waals surface area contributed by atoms with E-state index in [0.29, 0.717) is 0 Å². The average Bonchev–Trinajstić information content (AvgIpc) is 2.75. The van der Waals surface area contributed by atoms with E-state index in [1.807, 2.05) is 0 Å². The van der Waals surface area contributed by atoms with E-state index in [-0.39, 0.29) is 0 Å². The molecule has 2 aliphatic rings. The van der Waals surface area contributed by atoms with Crippen LogP contribution in [0.5, 0.6) is 0 Å². The summed E-state index contributed by atoms with van der Waals surface area (Å²) in [5, 5.41) is 3.70. The van der Waals surface area contributed by atoms with Crippen LogP contribution in [-0.2, 0) is 4.74 Å². The van der Waals surface area contributed by atoms with Gasteiger partial charge in [-0.25, -0.2) is 0 Å². The first kappa shape index (κ1) is 11.2. The van der Waals surface area contributed by atoms with E-state index in [4.69, 9.17) is 4.74 Å². The van der Waals surface area contributed by atoms with E-state index in [9.17, 15) is 0 Å². The highest BCUT2D eigenvalue weighted by Crippen LogP contribution is 2.28. The highest BCUT2D eigenvalue weighted by Gasteiger charge is 2.25. The van der Waals surface area contributed by atoms with E-state index in [2.05, 4.69) is 18.3 Å². The van der Waals surface area contributed by atoms with E-state index >= 15 is 0 Å². The Hall–Kier alpha value is -0.340. The van der Waals surface area contributed by atoms with Gasteiger partial charge in [0, 0.05) is 12.6 Å². The molecule has 2 atom stereocenters. The van der Waals surface area contributed by atoms with Crippen molar-refractivity contribution < 1.29 is 4.74 Å². The zero-order valence-corrected chi connectivity index (χ0v) is 9.80. The predicted octanol–water partition coefficient (Wildman–Crippen LogP) is 2.50. The summed E-state index contributed by atoms with van der Waals surface area (Å²) in [4.78, 5) is 0. The summed E-state index contributed by atoms with van der Waals surface area (Å²) in [6, 6.07) is 0.762. The minimum absolute atomic E-state index is 0.762. The van der Waals surface area contributed by atoms with Gasteiger partial charge in [-0.15, -0.1) is 0 Å². The Bertz CT molecular complexity index is 225. The van der Waals surface area contributed by atoms with Crippen LogP contribution < -0.4 is 5.32 Å². The maximum absolute atomic E-state index is 5.44. The molecule has 1 saturated carbocycles. The van der Waals surface area contributed by atoms with Gasteiger partial charge in [-0.1, -0.05) is 25.8 Å². The number of hydrogen-bond donors (Lipinski definition) is 1. The fourth-order valence-electron chi connectivity index (χ4n) is 2.79. The third-order valence-corrected chi connectivity index (χ3v) is 3.76. The van der Waals surface area contributed by atoms with Gasteiger partial charge in [-0.2, -0.15) is 0 Å². The van der Waals surface area contributed by atoms with Crippen LogP contribution in [0.4, 0.5) is 0 Å². The fraction of sp³-hybridized carbons (Fsp3) is 0.846. The monoisotopic (exact) mass is 209 g/mol. The molecule has 0 saturated heterocycles. The highest BCUT2D eigenvalue weighted by atomic mass is 16.5. The van der Waals surface area contributed by atoms with Crippen molar-refractivity contribution in [2.24, 2.45) is 5.92 Å². The van der Waals surface area contributed by atoms with E-state index in [0.717, 1.165) is 38.1 Å². The Morgan fingerprint density at radius 3 is 3.13 bits per heavy atom. The number of rotatable bonds is 4. The van der Waals surface area contributed by atoms with Crippen LogP contribution >= 0.6 is 0 Å². The molecule has 15 heavy (non-hydrogen) atoms. The smallest absolute Gasteiger partial charge is 0.0689 e. The Kier molecular flexibility index (Phi) is 4.21. The molecule has 0 aromatic rings. The maximum atomic E-state index is 5.44. The van der Waals surface area contributed by atoms with E-state index < -0.39 is 0 Å². The second-order valence-electron chi connectivity index (χ2n) is 4.79. The van der Waals surface area contributed by atoms with Crippen molar-refractivity contribution in [2.75, 3.05) is 19.8 Å². The first-order chi connectivity index (χ1) is 7.40. The Morgan fingerprint density at radius 2 is 2.40 bits per heavy atom. The summed E-state index contributed by atoms with van der Waals surface area (Å²) in [6.45, 7) is 5.11. The molecule has 0 aromatic heterocycles. The molecule has 1 N–H and O–H groups in total. The predicted molar refractivity (Wildman–Crippen MR) is 62.9 cm³/mol. The maximum Gasteiger partial charge on any atom is 0.0689 e. The van der Waals surface area contributed by atoms with Crippen LogP contribution in [-0.4, -0.2) is 25.8 Å². The molecule has 0 bridgehead atoms. The molecule has 1 aliphatic heterocycles. The fourth-order valence-corrected chi connectivity index (χ4v) is 2.79. The average molecular weight is 209 g/mol. The second kappa shape index (κ2) is 5.66. The van der Waals surface area contributed by atoms with Gasteiger partial charge in [0.1, 0.15) is 0 Å². The first-order valence-electron chi connectivity index (χ1n) is 6.39. The van der Waals surface area contributed by atoms with Gasteiger partial charge in [0.05, 0.1) is 13.2 Å². The minimum atomic E-state index is 0.762. The third kappa shape index (κ3) is 3.05. The van der Waals surface area contributed by atoms with Crippen molar-refractivity contribution in [1.29, 1.82) is 0 Å². The van der Waals surface area contributed by atoms with Crippen molar-refractivity contribution in [2.45, 2.75) is 45.1 Å². The molecule has 0 radical (unpaired) electrons. The number of ether oxygens (including phenoxy) is 1. The number of nitrogens with one attached hydrogen (secondary N) is 1. The van der Waals surface area contributed by atoms with Crippen molar-refractivity contribution in [3.63, 3.8) is 0 Å². The van der Waals surface area contributed by atoms with Gasteiger partial charge in [0.15, 0.2) is 0 Å². The lowest BCUT2D eigenvalue weighted by atomic mass is 10.0. The lowest BCUT2D eigenvalue weighted by molar-refractivity contribution is 0.148. The summed E-state index contributed by atoms with van der Waals surface area (Å²) < 4.78 is 5.44. The molecule has 1 heterocycles. The quantitative estimate of drug-likeness (QED) is 0.718. The standard InChI is InChI=1S/C13H23NO/c1-2-12-6-3-7-13(12)14-9-11-5-4-8-15-10-11/h5,12-14H,2-4,6-10H2,1H3. The van der Waals surface area contributed by atoms with Gasteiger partial charge in [-0.05, 0) is 30.8 Å². The Labute approximate surface area is 93.1 Å². The molecule has 0 spiro atoms. The molecule has 2 unspecified atom stereocenters. The van der Waals surface area contributed by atoms with E-state index in [1.165, 1.54) is 31.3 Å². The molecule has 2 nitrogen and oxygen atoms in total. The van der Waals surface area contributed by atoms with Gasteiger partial charge in [0.2, 0.25) is 0 Å². The lowest BCUT2D eigenvalue weighted by Gasteiger charge is -2.21. The molecule has 86 valence electrons. The van der Waals surface area contributed by atoms with Crippen LogP contribution in [0.15, 0.2) is 11.6 Å². The first-order valence-corrected chi connectivity index (χ1v) is 6.39. The van der Waals surface area contributed by atoms with Crippen LogP contribution in [0, 0.1) is 5.92 Å². The normalized spacial score (nSPS) is 31.7. The minimum Gasteiger partial charge on any atom is -0.377 e. The van der Waals surface area contributed by atoms with Crippen LogP contribution in [0.25, 0.3) is 0 Å².